The summed E-state index contributed by atoms with van der Waals surface area (Å²) in [5.41, 5.74) is 3.12. The van der Waals surface area contributed by atoms with E-state index in [4.69, 9.17) is 4.74 Å². The molecule has 2 aromatic carbocycles. The molecule has 0 aromatic heterocycles. The second-order valence-corrected chi connectivity index (χ2v) is 5.51. The Morgan fingerprint density at radius 2 is 1.76 bits per heavy atom. The van der Waals surface area contributed by atoms with Gasteiger partial charge in [0, 0.05) is 23.7 Å². The first-order valence-electron chi connectivity index (χ1n) is 7.29. The second kappa shape index (κ2) is 7.25. The number of benzene rings is 2. The SMILES string of the molecule is Cc1ccc(Oc2ccccc2CO)c(CNC(C)C)c1. The third-order valence-electron chi connectivity index (χ3n) is 3.28. The van der Waals surface area contributed by atoms with E-state index in [0.29, 0.717) is 11.8 Å². The third-order valence-corrected chi connectivity index (χ3v) is 3.28. The predicted molar refractivity (Wildman–Crippen MR) is 85.6 cm³/mol. The summed E-state index contributed by atoms with van der Waals surface area (Å²) in [6.45, 7) is 7.05. The summed E-state index contributed by atoms with van der Waals surface area (Å²) < 4.78 is 6.02. The van der Waals surface area contributed by atoms with E-state index in [1.54, 1.807) is 0 Å². The van der Waals surface area contributed by atoms with Crippen LogP contribution in [0.2, 0.25) is 0 Å². The second-order valence-electron chi connectivity index (χ2n) is 5.51. The van der Waals surface area contributed by atoms with Crippen LogP contribution in [0.5, 0.6) is 11.5 Å². The van der Waals surface area contributed by atoms with Crippen LogP contribution < -0.4 is 10.1 Å². The van der Waals surface area contributed by atoms with Crippen molar-refractivity contribution < 1.29 is 9.84 Å². The minimum Gasteiger partial charge on any atom is -0.457 e. The summed E-state index contributed by atoms with van der Waals surface area (Å²) in [5, 5.41) is 12.8. The molecule has 0 unspecified atom stereocenters. The van der Waals surface area contributed by atoms with Gasteiger partial charge in [0.05, 0.1) is 6.61 Å². The molecule has 0 spiro atoms. The zero-order valence-corrected chi connectivity index (χ0v) is 12.9. The maximum Gasteiger partial charge on any atom is 0.132 e. The van der Waals surface area contributed by atoms with Crippen LogP contribution in [0.15, 0.2) is 42.5 Å². The van der Waals surface area contributed by atoms with E-state index in [1.165, 1.54) is 5.56 Å². The Hall–Kier alpha value is -1.84. The van der Waals surface area contributed by atoms with Crippen molar-refractivity contribution in [1.29, 1.82) is 0 Å². The average molecular weight is 285 g/mol. The highest BCUT2D eigenvalue weighted by atomic mass is 16.5. The fourth-order valence-electron chi connectivity index (χ4n) is 2.11. The Bertz CT molecular complexity index is 594. The van der Waals surface area contributed by atoms with Gasteiger partial charge >= 0.3 is 0 Å². The van der Waals surface area contributed by atoms with Crippen LogP contribution in [-0.4, -0.2) is 11.1 Å². The minimum atomic E-state index is -0.0262. The lowest BCUT2D eigenvalue weighted by molar-refractivity contribution is 0.276. The standard InChI is InChI=1S/C18H23NO2/c1-13(2)19-11-16-10-14(3)8-9-18(16)21-17-7-5-4-6-15(17)12-20/h4-10,13,19-20H,11-12H2,1-3H3. The summed E-state index contributed by atoms with van der Waals surface area (Å²) >= 11 is 0. The van der Waals surface area contributed by atoms with Crippen molar-refractivity contribution >= 4 is 0 Å². The molecule has 0 atom stereocenters. The molecule has 112 valence electrons. The van der Waals surface area contributed by atoms with Crippen molar-refractivity contribution in [2.75, 3.05) is 0 Å². The molecule has 21 heavy (non-hydrogen) atoms. The van der Waals surface area contributed by atoms with Gasteiger partial charge < -0.3 is 15.2 Å². The summed E-state index contributed by atoms with van der Waals surface area (Å²) in [6, 6.07) is 14.1. The molecule has 0 saturated carbocycles. The van der Waals surface area contributed by atoms with Crippen molar-refractivity contribution in [3.63, 3.8) is 0 Å². The molecular weight excluding hydrogens is 262 g/mol. The number of para-hydroxylation sites is 1. The van der Waals surface area contributed by atoms with Gasteiger partial charge in [0.15, 0.2) is 0 Å². The highest BCUT2D eigenvalue weighted by Crippen LogP contribution is 2.29. The fraction of sp³-hybridized carbons (Fsp3) is 0.333. The Kier molecular flexibility index (Phi) is 5.37. The number of hydrogen-bond donors (Lipinski definition) is 2. The van der Waals surface area contributed by atoms with Gasteiger partial charge in [-0.25, -0.2) is 0 Å². The Balaban J connectivity index is 2.26. The van der Waals surface area contributed by atoms with Gasteiger partial charge in [-0.2, -0.15) is 0 Å². The number of rotatable bonds is 6. The lowest BCUT2D eigenvalue weighted by Crippen LogP contribution is -2.22. The first-order valence-corrected chi connectivity index (χ1v) is 7.29. The van der Waals surface area contributed by atoms with Crippen LogP contribution in [0, 0.1) is 6.92 Å². The van der Waals surface area contributed by atoms with Crippen LogP contribution in [0.4, 0.5) is 0 Å². The molecule has 2 rings (SSSR count). The third kappa shape index (κ3) is 4.31. The Labute approximate surface area is 126 Å². The Morgan fingerprint density at radius 1 is 1.05 bits per heavy atom. The molecule has 3 nitrogen and oxygen atoms in total. The maximum absolute atomic E-state index is 9.39. The molecule has 0 bridgehead atoms. The van der Waals surface area contributed by atoms with E-state index in [0.717, 1.165) is 23.4 Å². The van der Waals surface area contributed by atoms with E-state index in [9.17, 15) is 5.11 Å². The minimum absolute atomic E-state index is 0.0262. The predicted octanol–water partition coefficient (Wildman–Crippen LogP) is 3.78. The largest absolute Gasteiger partial charge is 0.457 e. The lowest BCUT2D eigenvalue weighted by atomic mass is 10.1. The van der Waals surface area contributed by atoms with Gasteiger partial charge in [-0.1, -0.05) is 49.7 Å². The molecule has 0 heterocycles. The quantitative estimate of drug-likeness (QED) is 0.848. The topological polar surface area (TPSA) is 41.5 Å². The lowest BCUT2D eigenvalue weighted by Gasteiger charge is -2.15. The molecule has 2 N–H and O–H groups in total. The van der Waals surface area contributed by atoms with E-state index in [-0.39, 0.29) is 6.61 Å². The highest BCUT2D eigenvalue weighted by Gasteiger charge is 2.08. The van der Waals surface area contributed by atoms with Crippen molar-refractivity contribution in [2.24, 2.45) is 0 Å². The fourth-order valence-corrected chi connectivity index (χ4v) is 2.11. The van der Waals surface area contributed by atoms with Gasteiger partial charge in [-0.05, 0) is 19.1 Å². The number of aryl methyl sites for hydroxylation is 1. The Morgan fingerprint density at radius 3 is 2.48 bits per heavy atom. The van der Waals surface area contributed by atoms with E-state index in [2.05, 4.69) is 32.2 Å². The maximum atomic E-state index is 9.39. The average Bonchev–Trinajstić information content (AvgIpc) is 2.48. The highest BCUT2D eigenvalue weighted by molar-refractivity contribution is 5.42. The number of aliphatic hydroxyl groups is 1. The number of nitrogens with one attached hydrogen (secondary N) is 1. The molecular formula is C18H23NO2. The van der Waals surface area contributed by atoms with Crippen LogP contribution in [-0.2, 0) is 13.2 Å². The molecule has 0 aliphatic carbocycles. The van der Waals surface area contributed by atoms with Gasteiger partial charge in [0.1, 0.15) is 11.5 Å². The number of ether oxygens (including phenoxy) is 1. The zero-order chi connectivity index (χ0) is 15.2. The molecule has 0 amide bonds. The normalized spacial score (nSPS) is 10.9. The van der Waals surface area contributed by atoms with Crippen molar-refractivity contribution in [1.82, 2.24) is 5.32 Å². The monoisotopic (exact) mass is 285 g/mol. The van der Waals surface area contributed by atoms with E-state index < -0.39 is 0 Å². The van der Waals surface area contributed by atoms with Gasteiger partial charge in [0.25, 0.3) is 0 Å². The first-order chi connectivity index (χ1) is 10.1. The van der Waals surface area contributed by atoms with Crippen LogP contribution in [0.25, 0.3) is 0 Å². The molecule has 0 fully saturated rings. The van der Waals surface area contributed by atoms with Gasteiger partial charge in [-0.3, -0.25) is 0 Å². The number of aliphatic hydroxyl groups excluding tert-OH is 1. The summed E-state index contributed by atoms with van der Waals surface area (Å²) in [4.78, 5) is 0. The molecule has 3 heteroatoms. The molecule has 2 aromatic rings. The van der Waals surface area contributed by atoms with Crippen molar-refractivity contribution in [2.45, 2.75) is 40.0 Å². The molecule has 0 saturated heterocycles. The van der Waals surface area contributed by atoms with Crippen molar-refractivity contribution in [3.8, 4) is 11.5 Å². The van der Waals surface area contributed by atoms with E-state index in [1.807, 2.05) is 36.4 Å². The summed E-state index contributed by atoms with van der Waals surface area (Å²) in [6.07, 6.45) is 0. The van der Waals surface area contributed by atoms with E-state index >= 15 is 0 Å². The molecule has 0 radical (unpaired) electrons. The van der Waals surface area contributed by atoms with Crippen LogP contribution in [0.1, 0.15) is 30.5 Å². The number of hydrogen-bond acceptors (Lipinski definition) is 3. The van der Waals surface area contributed by atoms with Gasteiger partial charge in [0.2, 0.25) is 0 Å². The van der Waals surface area contributed by atoms with Crippen molar-refractivity contribution in [3.05, 3.63) is 59.2 Å². The van der Waals surface area contributed by atoms with Crippen LogP contribution in [0.3, 0.4) is 0 Å². The molecule has 0 aliphatic heterocycles. The van der Waals surface area contributed by atoms with Gasteiger partial charge in [-0.15, -0.1) is 0 Å². The zero-order valence-electron chi connectivity index (χ0n) is 12.9. The smallest absolute Gasteiger partial charge is 0.132 e. The summed E-state index contributed by atoms with van der Waals surface area (Å²) in [5.74, 6) is 1.53. The summed E-state index contributed by atoms with van der Waals surface area (Å²) in [7, 11) is 0. The first kappa shape index (κ1) is 15.5. The van der Waals surface area contributed by atoms with Crippen LogP contribution >= 0.6 is 0 Å². The molecule has 0 aliphatic rings.